The molecule has 210 valence electrons. The number of aliphatic carboxylic acids is 1. The Hall–Kier alpha value is -3.45. The van der Waals surface area contributed by atoms with Gasteiger partial charge in [-0.25, -0.2) is 4.39 Å². The summed E-state index contributed by atoms with van der Waals surface area (Å²) in [6.07, 6.45) is -4.20. The molecule has 39 heavy (non-hydrogen) atoms. The summed E-state index contributed by atoms with van der Waals surface area (Å²) in [5.74, 6) is -1.77. The van der Waals surface area contributed by atoms with E-state index in [-0.39, 0.29) is 5.56 Å². The lowest BCUT2D eigenvalue weighted by Gasteiger charge is -2.30. The van der Waals surface area contributed by atoms with Crippen LogP contribution in [-0.2, 0) is 16.0 Å². The van der Waals surface area contributed by atoms with Crippen LogP contribution in [0.25, 0.3) is 11.1 Å². The number of benzene rings is 2. The van der Waals surface area contributed by atoms with Crippen molar-refractivity contribution in [3.8, 4) is 17.2 Å². The third-order valence-corrected chi connectivity index (χ3v) is 6.78. The van der Waals surface area contributed by atoms with Gasteiger partial charge in [-0.05, 0) is 69.2 Å². The first kappa shape index (κ1) is 30.1. The Balaban J connectivity index is 1.82. The minimum Gasteiger partial charge on any atom is -0.481 e. The zero-order valence-corrected chi connectivity index (χ0v) is 22.3. The number of carboxylic acid groups (broad SMARTS) is 1. The molecule has 1 saturated carbocycles. The van der Waals surface area contributed by atoms with Crippen LogP contribution in [0, 0.1) is 16.7 Å². The number of hydrogen-bond acceptors (Lipinski definition) is 4. The fourth-order valence-electron chi connectivity index (χ4n) is 4.28. The monoisotopic (exact) mass is 547 g/mol. The molecule has 3 rings (SSSR count). The molecule has 1 aliphatic carbocycles. The Bertz CT molecular complexity index is 1220. The summed E-state index contributed by atoms with van der Waals surface area (Å²) in [5.41, 5.74) is -1.94. The Labute approximate surface area is 225 Å². The van der Waals surface area contributed by atoms with Crippen molar-refractivity contribution in [2.24, 2.45) is 5.41 Å². The highest BCUT2D eigenvalue weighted by atomic mass is 19.4. The Morgan fingerprint density at radius 3 is 1.90 bits per heavy atom. The maximum atomic E-state index is 14.5. The van der Waals surface area contributed by atoms with Gasteiger partial charge in [0, 0.05) is 6.42 Å². The van der Waals surface area contributed by atoms with Crippen molar-refractivity contribution in [2.45, 2.75) is 82.8 Å². The molecule has 6 nitrogen and oxygen atoms in total. The van der Waals surface area contributed by atoms with Crippen molar-refractivity contribution in [3.05, 3.63) is 59.7 Å². The van der Waals surface area contributed by atoms with E-state index in [0.717, 1.165) is 11.1 Å². The van der Waals surface area contributed by atoms with E-state index in [9.17, 15) is 37.5 Å². The number of rotatable bonds is 11. The molecule has 2 aromatic rings. The van der Waals surface area contributed by atoms with Crippen LogP contribution in [0.1, 0.15) is 64.1 Å². The van der Waals surface area contributed by atoms with Gasteiger partial charge in [0.1, 0.15) is 17.2 Å². The molecule has 0 saturated heterocycles. The highest BCUT2D eigenvalue weighted by Crippen LogP contribution is 2.37. The average molecular weight is 548 g/mol. The van der Waals surface area contributed by atoms with Crippen molar-refractivity contribution in [3.63, 3.8) is 0 Å². The van der Waals surface area contributed by atoms with Gasteiger partial charge in [-0.3, -0.25) is 14.9 Å². The van der Waals surface area contributed by atoms with E-state index >= 15 is 0 Å². The summed E-state index contributed by atoms with van der Waals surface area (Å²) in [6.45, 7) is 5.61. The van der Waals surface area contributed by atoms with Gasteiger partial charge in [0.2, 0.25) is 5.91 Å². The van der Waals surface area contributed by atoms with Gasteiger partial charge in [0.25, 0.3) is 0 Å². The number of amides is 1. The van der Waals surface area contributed by atoms with Gasteiger partial charge >= 0.3 is 12.1 Å². The first-order valence-electron chi connectivity index (χ1n) is 12.6. The molecule has 10 heteroatoms. The fourth-order valence-corrected chi connectivity index (χ4v) is 4.28. The Morgan fingerprint density at radius 2 is 1.49 bits per heavy atom. The van der Waals surface area contributed by atoms with Gasteiger partial charge in [0.15, 0.2) is 0 Å². The predicted octanol–water partition coefficient (Wildman–Crippen LogP) is 5.88. The maximum absolute atomic E-state index is 14.5. The van der Waals surface area contributed by atoms with Crippen LogP contribution < -0.4 is 10.6 Å². The number of nitrogens with zero attached hydrogens (tertiary/aromatic N) is 1. The number of nitriles is 1. The SMILES string of the molecule is CC(C)(F)C[C@H](N[C@@H](c1ccc(-c2ccc(CC(C)(C)C(=O)O)cc2)cc1)C(F)(F)F)C(=O)NC1(C#N)CC1. The van der Waals surface area contributed by atoms with E-state index in [2.05, 4.69) is 10.6 Å². The molecule has 3 N–H and O–H groups in total. The number of nitrogens with one attached hydrogen (secondary N) is 2. The molecule has 0 aromatic heterocycles. The Morgan fingerprint density at radius 1 is 0.974 bits per heavy atom. The molecule has 1 amide bonds. The molecule has 0 spiro atoms. The van der Waals surface area contributed by atoms with Gasteiger partial charge in [0.05, 0.1) is 17.5 Å². The highest BCUT2D eigenvalue weighted by molar-refractivity contribution is 5.83. The van der Waals surface area contributed by atoms with Crippen molar-refractivity contribution in [2.75, 3.05) is 0 Å². The van der Waals surface area contributed by atoms with Crippen LogP contribution in [0.3, 0.4) is 0 Å². The van der Waals surface area contributed by atoms with Gasteiger partial charge in [-0.1, -0.05) is 48.5 Å². The van der Waals surface area contributed by atoms with Crippen molar-refractivity contribution < 1.29 is 32.3 Å². The second-order valence-electron chi connectivity index (χ2n) is 11.5. The number of carboxylic acids is 1. The normalized spacial score (nSPS) is 16.6. The molecular formula is C29H33F4N3O3. The smallest absolute Gasteiger partial charge is 0.407 e. The number of carbonyl (C=O) groups is 2. The van der Waals surface area contributed by atoms with E-state index < -0.39 is 53.2 Å². The van der Waals surface area contributed by atoms with Crippen molar-refractivity contribution in [1.29, 1.82) is 5.26 Å². The average Bonchev–Trinajstić information content (AvgIpc) is 3.60. The molecule has 2 atom stereocenters. The highest BCUT2D eigenvalue weighted by Gasteiger charge is 2.48. The first-order chi connectivity index (χ1) is 17.9. The fraction of sp³-hybridized carbons (Fsp3) is 0.483. The minimum atomic E-state index is -4.79. The van der Waals surface area contributed by atoms with E-state index in [4.69, 9.17) is 0 Å². The van der Waals surface area contributed by atoms with E-state index in [1.807, 2.05) is 6.07 Å². The molecule has 0 heterocycles. The van der Waals surface area contributed by atoms with Crippen molar-refractivity contribution in [1.82, 2.24) is 10.6 Å². The summed E-state index contributed by atoms with van der Waals surface area (Å²) in [7, 11) is 0. The van der Waals surface area contributed by atoms with Crippen molar-refractivity contribution >= 4 is 11.9 Å². The molecule has 1 fully saturated rings. The molecule has 0 radical (unpaired) electrons. The molecule has 0 unspecified atom stereocenters. The van der Waals surface area contributed by atoms with Crippen LogP contribution in [-0.4, -0.2) is 40.4 Å². The number of hydrogen-bond donors (Lipinski definition) is 3. The zero-order valence-electron chi connectivity index (χ0n) is 22.3. The summed E-state index contributed by atoms with van der Waals surface area (Å²) in [5, 5.41) is 23.4. The minimum absolute atomic E-state index is 0.151. The summed E-state index contributed by atoms with van der Waals surface area (Å²) < 4.78 is 57.0. The predicted molar refractivity (Wildman–Crippen MR) is 138 cm³/mol. The molecular weight excluding hydrogens is 514 g/mol. The first-order valence-corrected chi connectivity index (χ1v) is 12.6. The lowest BCUT2D eigenvalue weighted by Crippen LogP contribution is -2.53. The molecule has 0 aliphatic heterocycles. The molecule has 2 aromatic carbocycles. The summed E-state index contributed by atoms with van der Waals surface area (Å²) in [6, 6.07) is 10.9. The quantitative estimate of drug-likeness (QED) is 0.305. The molecule has 1 aliphatic rings. The number of carbonyl (C=O) groups excluding carboxylic acids is 1. The topological polar surface area (TPSA) is 102 Å². The summed E-state index contributed by atoms with van der Waals surface area (Å²) in [4.78, 5) is 24.2. The van der Waals surface area contributed by atoms with Gasteiger partial charge < -0.3 is 10.4 Å². The van der Waals surface area contributed by atoms with E-state index in [1.54, 1.807) is 38.1 Å². The largest absolute Gasteiger partial charge is 0.481 e. The summed E-state index contributed by atoms with van der Waals surface area (Å²) >= 11 is 0. The van der Waals surface area contributed by atoms with Crippen LogP contribution >= 0.6 is 0 Å². The van der Waals surface area contributed by atoms with Gasteiger partial charge in [-0.2, -0.15) is 18.4 Å². The second kappa shape index (κ2) is 11.0. The Kier molecular flexibility index (Phi) is 8.46. The van der Waals surface area contributed by atoms with Crippen LogP contribution in [0.15, 0.2) is 48.5 Å². The lowest BCUT2D eigenvalue weighted by atomic mass is 9.85. The maximum Gasteiger partial charge on any atom is 0.407 e. The standard InChI is InChI=1S/C29H33F4N3O3/c1-26(2,25(38)39)15-18-5-7-19(8-6-18)20-9-11-21(12-10-20)23(29(31,32)33)35-22(16-27(3,4)30)24(37)36-28(17-34)13-14-28/h5-12,22-23,35H,13-16H2,1-4H3,(H,36,37)(H,38,39)/t22-,23-/m0/s1. The third kappa shape index (κ3) is 8.02. The zero-order chi connectivity index (χ0) is 29.2. The second-order valence-corrected chi connectivity index (χ2v) is 11.5. The van der Waals surface area contributed by atoms with Crippen LogP contribution in [0.2, 0.25) is 0 Å². The number of alkyl halides is 4. The van der Waals surface area contributed by atoms with Gasteiger partial charge in [-0.15, -0.1) is 0 Å². The van der Waals surface area contributed by atoms with E-state index in [0.29, 0.717) is 24.8 Å². The van der Waals surface area contributed by atoms with E-state index in [1.165, 1.54) is 38.1 Å². The molecule has 0 bridgehead atoms. The van der Waals surface area contributed by atoms with Crippen LogP contribution in [0.5, 0.6) is 0 Å². The lowest BCUT2D eigenvalue weighted by molar-refractivity contribution is -0.161. The van der Waals surface area contributed by atoms with Crippen LogP contribution in [0.4, 0.5) is 17.6 Å². The number of halogens is 4. The third-order valence-electron chi connectivity index (χ3n) is 6.78.